The number of hydrogen-bond donors (Lipinski definition) is 2. The molecule has 30 heavy (non-hydrogen) atoms. The lowest BCUT2D eigenvalue weighted by atomic mass is 9.94. The van der Waals surface area contributed by atoms with Gasteiger partial charge in [0.1, 0.15) is 11.5 Å². The van der Waals surface area contributed by atoms with E-state index in [-0.39, 0.29) is 37.7 Å². The maximum Gasteiger partial charge on any atom is 0.295 e. The van der Waals surface area contributed by atoms with E-state index in [0.29, 0.717) is 21.9 Å². The monoisotopic (exact) mass is 431 g/mol. The maximum atomic E-state index is 12.9. The molecule has 2 aromatic rings. The Balaban J connectivity index is 2.11. The van der Waals surface area contributed by atoms with E-state index in [9.17, 15) is 14.7 Å². The molecule has 1 saturated heterocycles. The quantitative estimate of drug-likeness (QED) is 0.289. The topological polar surface area (TPSA) is 96.3 Å². The fourth-order valence-corrected chi connectivity index (χ4v) is 3.55. The molecule has 1 fully saturated rings. The predicted molar refractivity (Wildman–Crippen MR) is 111 cm³/mol. The summed E-state index contributed by atoms with van der Waals surface area (Å²) in [5.74, 6) is -1.35. The summed E-state index contributed by atoms with van der Waals surface area (Å²) in [6.45, 7) is 0.199. The number of Topliss-reactive ketones (excluding diaryl/α,β-unsaturated/α-hetero) is 1. The predicted octanol–water partition coefficient (Wildman–Crippen LogP) is 2.78. The van der Waals surface area contributed by atoms with Crippen molar-refractivity contribution in [1.29, 1.82) is 0 Å². The second-order valence-corrected chi connectivity index (χ2v) is 7.01. The molecule has 0 aliphatic carbocycles. The average Bonchev–Trinajstić information content (AvgIpc) is 3.01. The second kappa shape index (κ2) is 9.75. The first-order valence-corrected chi connectivity index (χ1v) is 9.73. The number of para-hydroxylation sites is 1. The largest absolute Gasteiger partial charge is 0.507 e. The molecule has 1 aliphatic heterocycles. The number of aliphatic hydroxyl groups is 2. The van der Waals surface area contributed by atoms with Crippen LogP contribution >= 0.6 is 11.6 Å². The number of likely N-dealkylation sites (tertiary alicyclic amines) is 1. The summed E-state index contributed by atoms with van der Waals surface area (Å²) in [6.07, 6.45) is 0. The van der Waals surface area contributed by atoms with Crippen molar-refractivity contribution in [3.05, 3.63) is 70.3 Å². The van der Waals surface area contributed by atoms with Crippen molar-refractivity contribution >= 4 is 29.1 Å². The fourth-order valence-electron chi connectivity index (χ4n) is 3.42. The first kappa shape index (κ1) is 21.8. The number of carbonyl (C=O) groups is 2. The molecule has 1 unspecified atom stereocenters. The first-order chi connectivity index (χ1) is 14.5. The first-order valence-electron chi connectivity index (χ1n) is 9.35. The van der Waals surface area contributed by atoms with Gasteiger partial charge in [-0.05, 0) is 30.3 Å². The molecule has 158 valence electrons. The molecule has 2 aromatic carbocycles. The van der Waals surface area contributed by atoms with Crippen LogP contribution in [0.25, 0.3) is 5.76 Å². The molecule has 1 amide bonds. The lowest BCUT2D eigenvalue weighted by Gasteiger charge is -2.26. The van der Waals surface area contributed by atoms with Crippen LogP contribution in [0, 0.1) is 0 Å². The van der Waals surface area contributed by atoms with Gasteiger partial charge in [0.2, 0.25) is 0 Å². The van der Waals surface area contributed by atoms with Crippen LogP contribution < -0.4 is 4.74 Å². The number of ketones is 1. The summed E-state index contributed by atoms with van der Waals surface area (Å²) in [5.41, 5.74) is 0.902. The number of amides is 1. The van der Waals surface area contributed by atoms with Gasteiger partial charge in [-0.2, -0.15) is 0 Å². The molecule has 1 atom stereocenters. The van der Waals surface area contributed by atoms with Gasteiger partial charge in [-0.3, -0.25) is 9.59 Å². The van der Waals surface area contributed by atoms with Gasteiger partial charge in [-0.15, -0.1) is 0 Å². The van der Waals surface area contributed by atoms with Crippen molar-refractivity contribution in [2.45, 2.75) is 6.04 Å². The van der Waals surface area contributed by atoms with E-state index < -0.39 is 17.7 Å². The van der Waals surface area contributed by atoms with Crippen LogP contribution in [0.1, 0.15) is 17.2 Å². The Morgan fingerprint density at radius 3 is 2.47 bits per heavy atom. The second-order valence-electron chi connectivity index (χ2n) is 6.58. The van der Waals surface area contributed by atoms with Gasteiger partial charge < -0.3 is 24.6 Å². The van der Waals surface area contributed by atoms with Crippen molar-refractivity contribution in [2.24, 2.45) is 0 Å². The highest BCUT2D eigenvalue weighted by Gasteiger charge is 2.46. The fraction of sp³-hybridized carbons (Fsp3) is 0.273. The number of carbonyl (C=O) groups excluding carboxylic acids is 2. The van der Waals surface area contributed by atoms with Crippen LogP contribution in [0.5, 0.6) is 5.75 Å². The van der Waals surface area contributed by atoms with Gasteiger partial charge in [0.15, 0.2) is 0 Å². The van der Waals surface area contributed by atoms with Crippen LogP contribution in [-0.4, -0.2) is 60.3 Å². The average molecular weight is 432 g/mol. The number of rotatable bonds is 8. The summed E-state index contributed by atoms with van der Waals surface area (Å²) in [5, 5.41) is 20.3. The van der Waals surface area contributed by atoms with E-state index in [1.165, 1.54) is 12.0 Å². The molecular weight excluding hydrogens is 410 g/mol. The third kappa shape index (κ3) is 4.33. The SMILES string of the molecule is COc1ccccc1C1/C(=C(\O)c2ccc(Cl)cc2)C(=O)C(=O)N1CCOCCO. The van der Waals surface area contributed by atoms with Gasteiger partial charge in [-0.25, -0.2) is 0 Å². The van der Waals surface area contributed by atoms with E-state index in [1.54, 1.807) is 48.5 Å². The number of ether oxygens (including phenoxy) is 2. The van der Waals surface area contributed by atoms with Gasteiger partial charge in [0.25, 0.3) is 11.7 Å². The molecule has 8 heteroatoms. The van der Waals surface area contributed by atoms with Gasteiger partial charge in [-0.1, -0.05) is 29.8 Å². The van der Waals surface area contributed by atoms with Crippen molar-refractivity contribution < 1.29 is 29.3 Å². The van der Waals surface area contributed by atoms with E-state index in [4.69, 9.17) is 26.2 Å². The van der Waals surface area contributed by atoms with Crippen LogP contribution in [-0.2, 0) is 14.3 Å². The van der Waals surface area contributed by atoms with Crippen molar-refractivity contribution in [1.82, 2.24) is 4.90 Å². The number of halogens is 1. The summed E-state index contributed by atoms with van der Waals surface area (Å²) in [7, 11) is 1.49. The molecular formula is C22H22ClNO6. The van der Waals surface area contributed by atoms with E-state index in [0.717, 1.165) is 0 Å². The molecule has 0 aromatic heterocycles. The number of methoxy groups -OCH3 is 1. The summed E-state index contributed by atoms with van der Waals surface area (Å²) in [4.78, 5) is 27.1. The third-order valence-electron chi connectivity index (χ3n) is 4.80. The Hall–Kier alpha value is -2.87. The Labute approximate surface area is 179 Å². The van der Waals surface area contributed by atoms with Gasteiger partial charge >= 0.3 is 0 Å². The molecule has 0 spiro atoms. The van der Waals surface area contributed by atoms with Crippen LogP contribution in [0.3, 0.4) is 0 Å². The number of aliphatic hydroxyl groups excluding tert-OH is 2. The third-order valence-corrected chi connectivity index (χ3v) is 5.06. The molecule has 0 radical (unpaired) electrons. The maximum absolute atomic E-state index is 12.9. The van der Waals surface area contributed by atoms with E-state index in [1.807, 2.05) is 0 Å². The highest BCUT2D eigenvalue weighted by Crippen LogP contribution is 2.42. The van der Waals surface area contributed by atoms with Crippen LogP contribution in [0.2, 0.25) is 5.02 Å². The highest BCUT2D eigenvalue weighted by molar-refractivity contribution is 6.46. The van der Waals surface area contributed by atoms with Crippen molar-refractivity contribution in [2.75, 3.05) is 33.5 Å². The summed E-state index contributed by atoms with van der Waals surface area (Å²) >= 11 is 5.92. The normalized spacial score (nSPS) is 18.1. The lowest BCUT2D eigenvalue weighted by molar-refractivity contribution is -0.140. The van der Waals surface area contributed by atoms with Crippen molar-refractivity contribution in [3.63, 3.8) is 0 Å². The van der Waals surface area contributed by atoms with Gasteiger partial charge in [0.05, 0.1) is 38.5 Å². The van der Waals surface area contributed by atoms with E-state index >= 15 is 0 Å². The minimum absolute atomic E-state index is 0.0334. The van der Waals surface area contributed by atoms with Crippen LogP contribution in [0.15, 0.2) is 54.1 Å². The molecule has 0 bridgehead atoms. The molecule has 1 heterocycles. The summed E-state index contributed by atoms with van der Waals surface area (Å²) in [6, 6.07) is 12.5. The van der Waals surface area contributed by atoms with Crippen LogP contribution in [0.4, 0.5) is 0 Å². The Bertz CT molecular complexity index is 956. The lowest BCUT2D eigenvalue weighted by Crippen LogP contribution is -2.33. The number of hydrogen-bond acceptors (Lipinski definition) is 6. The van der Waals surface area contributed by atoms with Crippen molar-refractivity contribution in [3.8, 4) is 5.75 Å². The smallest absolute Gasteiger partial charge is 0.295 e. The Morgan fingerprint density at radius 1 is 1.10 bits per heavy atom. The molecule has 1 aliphatic rings. The highest BCUT2D eigenvalue weighted by atomic mass is 35.5. The molecule has 0 saturated carbocycles. The molecule has 2 N–H and O–H groups in total. The zero-order chi connectivity index (χ0) is 21.7. The molecule has 7 nitrogen and oxygen atoms in total. The number of nitrogens with zero attached hydrogens (tertiary/aromatic N) is 1. The van der Waals surface area contributed by atoms with E-state index in [2.05, 4.69) is 0 Å². The zero-order valence-corrected chi connectivity index (χ0v) is 17.1. The minimum atomic E-state index is -0.852. The molecule has 3 rings (SSSR count). The number of benzene rings is 2. The Kier molecular flexibility index (Phi) is 7.10. The summed E-state index contributed by atoms with van der Waals surface area (Å²) < 4.78 is 10.7. The minimum Gasteiger partial charge on any atom is -0.507 e. The Morgan fingerprint density at radius 2 is 1.80 bits per heavy atom. The standard InChI is InChI=1S/C22H22ClNO6/c1-29-17-5-3-2-4-16(17)19-18(20(26)14-6-8-15(23)9-7-14)21(27)22(28)24(19)10-12-30-13-11-25/h2-9,19,25-26H,10-13H2,1H3/b20-18+. The zero-order valence-electron chi connectivity index (χ0n) is 16.4. The van der Waals surface area contributed by atoms with Gasteiger partial charge in [0, 0.05) is 22.7 Å².